The predicted octanol–water partition coefficient (Wildman–Crippen LogP) is 2.77. The summed E-state index contributed by atoms with van der Waals surface area (Å²) in [5.41, 5.74) is 0.129. The van der Waals surface area contributed by atoms with Gasteiger partial charge >= 0.3 is 0 Å². The molecule has 0 fully saturated rings. The number of aromatic nitrogens is 2. The number of fused-ring (bicyclic) bond motifs is 1. The van der Waals surface area contributed by atoms with Crippen molar-refractivity contribution in [1.82, 2.24) is 15.3 Å². The maximum atomic E-state index is 12.4. The Morgan fingerprint density at radius 2 is 2.23 bits per heavy atom. The molecule has 0 aromatic carbocycles. The van der Waals surface area contributed by atoms with Crippen LogP contribution in [0.15, 0.2) is 15.5 Å². The van der Waals surface area contributed by atoms with Crippen LogP contribution in [0.1, 0.15) is 55.6 Å². The number of aromatic amines is 1. The van der Waals surface area contributed by atoms with Gasteiger partial charge in [0.15, 0.2) is 0 Å². The van der Waals surface area contributed by atoms with E-state index in [2.05, 4.69) is 29.1 Å². The Balaban J connectivity index is 2.16. The van der Waals surface area contributed by atoms with Crippen LogP contribution >= 0.6 is 0 Å². The summed E-state index contributed by atoms with van der Waals surface area (Å²) in [7, 11) is 0. The van der Waals surface area contributed by atoms with Crippen LogP contribution in [0.25, 0.3) is 11.1 Å². The summed E-state index contributed by atoms with van der Waals surface area (Å²) >= 11 is 0. The molecule has 0 radical (unpaired) electrons. The monoisotopic (exact) mass is 305 g/mol. The Kier molecular flexibility index (Phi) is 5.35. The maximum Gasteiger partial charge on any atom is 0.262 e. The number of H-pyrrole nitrogens is 1. The Labute approximate surface area is 129 Å². The van der Waals surface area contributed by atoms with Crippen molar-refractivity contribution in [3.05, 3.63) is 28.0 Å². The number of carbonyl (C=O) groups is 1. The quantitative estimate of drug-likeness (QED) is 0.823. The molecule has 0 unspecified atom stereocenters. The minimum atomic E-state index is -0.356. The smallest absolute Gasteiger partial charge is 0.262 e. The second-order valence-electron chi connectivity index (χ2n) is 5.57. The standard InChI is InChI=1S/C16H23N3O3/c1-4-6-7-11(5-2)8-17-14(20)12-10(3)22-16-13(12)15(21)18-9-19-16/h9,11H,4-8H2,1-3H3,(H,17,20)(H,18,19,21)/t11-/m0/s1. The molecule has 2 heterocycles. The van der Waals surface area contributed by atoms with Crippen molar-refractivity contribution in [1.29, 1.82) is 0 Å². The van der Waals surface area contributed by atoms with E-state index in [9.17, 15) is 9.59 Å². The van der Waals surface area contributed by atoms with Crippen LogP contribution in [0, 0.1) is 12.8 Å². The van der Waals surface area contributed by atoms with Crippen molar-refractivity contribution in [3.8, 4) is 0 Å². The second kappa shape index (κ2) is 7.24. The van der Waals surface area contributed by atoms with Crippen LogP contribution in [0.5, 0.6) is 0 Å². The van der Waals surface area contributed by atoms with Gasteiger partial charge in [-0.15, -0.1) is 0 Å². The average Bonchev–Trinajstić information content (AvgIpc) is 2.84. The van der Waals surface area contributed by atoms with Gasteiger partial charge in [0.1, 0.15) is 11.1 Å². The van der Waals surface area contributed by atoms with Gasteiger partial charge in [0, 0.05) is 6.54 Å². The molecule has 1 amide bonds. The second-order valence-corrected chi connectivity index (χ2v) is 5.57. The third-order valence-electron chi connectivity index (χ3n) is 3.99. The fourth-order valence-corrected chi connectivity index (χ4v) is 2.60. The van der Waals surface area contributed by atoms with Crippen molar-refractivity contribution in [3.63, 3.8) is 0 Å². The van der Waals surface area contributed by atoms with Gasteiger partial charge in [-0.2, -0.15) is 0 Å². The zero-order chi connectivity index (χ0) is 16.1. The van der Waals surface area contributed by atoms with Gasteiger partial charge < -0.3 is 14.7 Å². The summed E-state index contributed by atoms with van der Waals surface area (Å²) in [6, 6.07) is 0. The van der Waals surface area contributed by atoms with E-state index in [1.165, 1.54) is 6.33 Å². The molecule has 0 bridgehead atoms. The highest BCUT2D eigenvalue weighted by Crippen LogP contribution is 2.20. The third kappa shape index (κ3) is 3.37. The summed E-state index contributed by atoms with van der Waals surface area (Å²) < 4.78 is 5.41. The third-order valence-corrected chi connectivity index (χ3v) is 3.99. The highest BCUT2D eigenvalue weighted by Gasteiger charge is 2.22. The van der Waals surface area contributed by atoms with E-state index in [-0.39, 0.29) is 28.1 Å². The van der Waals surface area contributed by atoms with Gasteiger partial charge in [-0.25, -0.2) is 4.98 Å². The molecule has 120 valence electrons. The molecule has 2 rings (SSSR count). The Bertz CT molecular complexity index is 702. The van der Waals surface area contributed by atoms with Crippen LogP contribution in [0.4, 0.5) is 0 Å². The summed E-state index contributed by atoms with van der Waals surface area (Å²) in [5, 5.41) is 3.15. The molecule has 0 aliphatic heterocycles. The minimum absolute atomic E-state index is 0.199. The predicted molar refractivity (Wildman–Crippen MR) is 85.0 cm³/mol. The maximum absolute atomic E-state index is 12.4. The van der Waals surface area contributed by atoms with Gasteiger partial charge in [0.25, 0.3) is 11.5 Å². The Morgan fingerprint density at radius 3 is 2.91 bits per heavy atom. The van der Waals surface area contributed by atoms with Crippen LogP contribution in [-0.2, 0) is 0 Å². The van der Waals surface area contributed by atoms with Crippen molar-refractivity contribution < 1.29 is 9.21 Å². The first-order chi connectivity index (χ1) is 10.6. The first-order valence-electron chi connectivity index (χ1n) is 7.83. The van der Waals surface area contributed by atoms with E-state index in [0.717, 1.165) is 25.7 Å². The average molecular weight is 305 g/mol. The fourth-order valence-electron chi connectivity index (χ4n) is 2.60. The number of hydrogen-bond donors (Lipinski definition) is 2. The van der Waals surface area contributed by atoms with E-state index in [0.29, 0.717) is 18.2 Å². The summed E-state index contributed by atoms with van der Waals surface area (Å²) in [6.07, 6.45) is 5.70. The number of unbranched alkanes of at least 4 members (excludes halogenated alkanes) is 1. The first-order valence-corrected chi connectivity index (χ1v) is 7.83. The lowest BCUT2D eigenvalue weighted by Gasteiger charge is -2.15. The zero-order valence-electron chi connectivity index (χ0n) is 13.4. The number of furan rings is 1. The number of amides is 1. The van der Waals surface area contributed by atoms with Gasteiger partial charge in [-0.05, 0) is 19.3 Å². The van der Waals surface area contributed by atoms with Crippen molar-refractivity contribution in [2.24, 2.45) is 5.92 Å². The SMILES string of the molecule is CCCC[C@H](CC)CNC(=O)c1c(C)oc2nc[nH]c(=O)c12. The molecular weight excluding hydrogens is 282 g/mol. The van der Waals surface area contributed by atoms with Crippen LogP contribution in [0.2, 0.25) is 0 Å². The number of hydrogen-bond acceptors (Lipinski definition) is 4. The molecule has 6 nitrogen and oxygen atoms in total. The highest BCUT2D eigenvalue weighted by atomic mass is 16.3. The minimum Gasteiger partial charge on any atom is -0.442 e. The fraction of sp³-hybridized carbons (Fsp3) is 0.562. The van der Waals surface area contributed by atoms with E-state index >= 15 is 0 Å². The molecule has 6 heteroatoms. The van der Waals surface area contributed by atoms with E-state index in [4.69, 9.17) is 4.42 Å². The van der Waals surface area contributed by atoms with Crippen molar-refractivity contribution >= 4 is 17.0 Å². The number of carbonyl (C=O) groups excluding carboxylic acids is 1. The first kappa shape index (κ1) is 16.3. The molecule has 2 aromatic rings. The number of nitrogens with one attached hydrogen (secondary N) is 2. The van der Waals surface area contributed by atoms with Crippen molar-refractivity contribution in [2.75, 3.05) is 6.54 Å². The number of rotatable bonds is 7. The lowest BCUT2D eigenvalue weighted by Crippen LogP contribution is -2.30. The molecule has 0 spiro atoms. The van der Waals surface area contributed by atoms with Crippen LogP contribution in [-0.4, -0.2) is 22.4 Å². The topological polar surface area (TPSA) is 88.0 Å². The van der Waals surface area contributed by atoms with E-state index in [1.807, 2.05) is 0 Å². The Hall–Kier alpha value is -2.11. The molecule has 0 aliphatic carbocycles. The molecule has 0 saturated carbocycles. The van der Waals surface area contributed by atoms with Gasteiger partial charge in [0.05, 0.1) is 11.9 Å². The molecular formula is C16H23N3O3. The number of aryl methyl sites for hydroxylation is 1. The highest BCUT2D eigenvalue weighted by molar-refractivity contribution is 6.06. The van der Waals surface area contributed by atoms with E-state index in [1.54, 1.807) is 6.92 Å². The zero-order valence-corrected chi connectivity index (χ0v) is 13.4. The largest absolute Gasteiger partial charge is 0.442 e. The van der Waals surface area contributed by atoms with Crippen molar-refractivity contribution in [2.45, 2.75) is 46.5 Å². The van der Waals surface area contributed by atoms with Gasteiger partial charge in [0.2, 0.25) is 5.71 Å². The summed E-state index contributed by atoms with van der Waals surface area (Å²) in [5.74, 6) is 0.599. The Morgan fingerprint density at radius 1 is 1.45 bits per heavy atom. The molecule has 0 saturated heterocycles. The van der Waals surface area contributed by atoms with Gasteiger partial charge in [-0.3, -0.25) is 9.59 Å². The molecule has 2 N–H and O–H groups in total. The molecule has 2 aromatic heterocycles. The lowest BCUT2D eigenvalue weighted by atomic mass is 9.99. The summed E-state index contributed by atoms with van der Waals surface area (Å²) in [4.78, 5) is 30.8. The summed E-state index contributed by atoms with van der Waals surface area (Å²) in [6.45, 7) is 6.56. The number of nitrogens with zero attached hydrogens (tertiary/aromatic N) is 1. The van der Waals surface area contributed by atoms with Crippen LogP contribution in [0.3, 0.4) is 0 Å². The lowest BCUT2D eigenvalue weighted by molar-refractivity contribution is 0.0945. The molecule has 1 atom stereocenters. The van der Waals surface area contributed by atoms with E-state index < -0.39 is 0 Å². The van der Waals surface area contributed by atoms with Gasteiger partial charge in [-0.1, -0.05) is 33.1 Å². The van der Waals surface area contributed by atoms with Crippen LogP contribution < -0.4 is 10.9 Å². The molecule has 22 heavy (non-hydrogen) atoms. The normalized spacial score (nSPS) is 12.5. The molecule has 0 aliphatic rings.